The number of esters is 1. The molecule has 188 valence electrons. The van der Waals surface area contributed by atoms with Crippen LogP contribution in [0, 0.1) is 0 Å². The lowest BCUT2D eigenvalue weighted by Crippen LogP contribution is -2.29. The molecule has 4 aromatic rings. The van der Waals surface area contributed by atoms with E-state index in [9.17, 15) is 9.59 Å². The minimum absolute atomic E-state index is 0.212. The maximum Gasteiger partial charge on any atom is 0.338 e. The Kier molecular flexibility index (Phi) is 6.64. The summed E-state index contributed by atoms with van der Waals surface area (Å²) in [7, 11) is 1.61. The monoisotopic (exact) mass is 497 g/mol. The van der Waals surface area contributed by atoms with E-state index in [1.165, 1.54) is 0 Å². The summed E-state index contributed by atoms with van der Waals surface area (Å²) in [5, 5.41) is 7.50. The molecule has 37 heavy (non-hydrogen) atoms. The Bertz CT molecular complexity index is 1430. The average Bonchev–Trinajstić information content (AvgIpc) is 3.48. The molecule has 0 fully saturated rings. The lowest BCUT2D eigenvalue weighted by atomic mass is 9.95. The largest absolute Gasteiger partial charge is 0.497 e. The van der Waals surface area contributed by atoms with Crippen LogP contribution < -0.4 is 14.4 Å². The number of hydrogen-bond acceptors (Lipinski definition) is 6. The molecule has 1 aliphatic rings. The highest BCUT2D eigenvalue weighted by molar-refractivity contribution is 6.12. The number of nitrogens with zero attached hydrogens (tertiary/aromatic N) is 2. The first-order valence-electron chi connectivity index (χ1n) is 12.1. The molecule has 0 saturated heterocycles. The molecule has 2 heterocycles. The van der Waals surface area contributed by atoms with Crippen LogP contribution in [0.1, 0.15) is 51.9 Å². The Balaban J connectivity index is 1.61. The first kappa shape index (κ1) is 24.1. The molecule has 1 aliphatic heterocycles. The number of hydrogen-bond donors (Lipinski definition) is 1. The molecule has 1 amide bonds. The summed E-state index contributed by atoms with van der Waals surface area (Å²) in [6.07, 6.45) is 0. The minimum atomic E-state index is -0.466. The van der Waals surface area contributed by atoms with Crippen LogP contribution in [0.4, 0.5) is 5.69 Å². The van der Waals surface area contributed by atoms with Gasteiger partial charge in [-0.25, -0.2) is 4.79 Å². The van der Waals surface area contributed by atoms with Gasteiger partial charge >= 0.3 is 5.97 Å². The number of methoxy groups -OCH3 is 1. The van der Waals surface area contributed by atoms with E-state index in [4.69, 9.17) is 14.2 Å². The van der Waals surface area contributed by atoms with Gasteiger partial charge < -0.3 is 14.2 Å². The van der Waals surface area contributed by atoms with Crippen LogP contribution in [0.25, 0.3) is 11.3 Å². The fourth-order valence-electron chi connectivity index (χ4n) is 4.61. The molecule has 0 bridgehead atoms. The van der Waals surface area contributed by atoms with E-state index >= 15 is 0 Å². The smallest absolute Gasteiger partial charge is 0.338 e. The molecule has 0 spiro atoms. The average molecular weight is 498 g/mol. The summed E-state index contributed by atoms with van der Waals surface area (Å²) in [5.41, 5.74) is 4.68. The predicted molar refractivity (Wildman–Crippen MR) is 139 cm³/mol. The third-order valence-corrected chi connectivity index (χ3v) is 6.27. The first-order chi connectivity index (χ1) is 18.0. The Morgan fingerprint density at radius 2 is 1.73 bits per heavy atom. The molecule has 8 nitrogen and oxygen atoms in total. The minimum Gasteiger partial charge on any atom is -0.497 e. The van der Waals surface area contributed by atoms with E-state index in [-0.39, 0.29) is 5.91 Å². The van der Waals surface area contributed by atoms with Crippen molar-refractivity contribution in [2.45, 2.75) is 19.9 Å². The van der Waals surface area contributed by atoms with Crippen LogP contribution in [0.3, 0.4) is 0 Å². The van der Waals surface area contributed by atoms with Crippen molar-refractivity contribution in [3.8, 4) is 22.8 Å². The van der Waals surface area contributed by atoms with E-state index in [1.54, 1.807) is 43.2 Å². The van der Waals surface area contributed by atoms with E-state index in [0.29, 0.717) is 41.6 Å². The molecule has 1 N–H and O–H groups in total. The van der Waals surface area contributed by atoms with Crippen LogP contribution in [0.15, 0.2) is 72.8 Å². The number of carbonyl (C=O) groups excluding carboxylic acids is 2. The SMILES string of the molecule is CCOC(=O)c1ccc(N2C(=O)c3[nH]nc(-c4ccc(OCC)cc4)c3C2c2cccc(OC)c2)cc1. The second kappa shape index (κ2) is 10.2. The van der Waals surface area contributed by atoms with Gasteiger partial charge in [-0.3, -0.25) is 14.8 Å². The third-order valence-electron chi connectivity index (χ3n) is 6.27. The zero-order valence-corrected chi connectivity index (χ0v) is 20.9. The predicted octanol–water partition coefficient (Wildman–Crippen LogP) is 5.41. The number of aromatic amines is 1. The highest BCUT2D eigenvalue weighted by atomic mass is 16.5. The summed E-state index contributed by atoms with van der Waals surface area (Å²) in [6.45, 7) is 4.57. The topological polar surface area (TPSA) is 93.8 Å². The molecule has 1 aromatic heterocycles. The quantitative estimate of drug-likeness (QED) is 0.327. The van der Waals surface area contributed by atoms with Crippen LogP contribution >= 0.6 is 0 Å². The summed E-state index contributed by atoms with van der Waals surface area (Å²) in [4.78, 5) is 27.6. The van der Waals surface area contributed by atoms with Crippen molar-refractivity contribution in [3.63, 3.8) is 0 Å². The van der Waals surface area contributed by atoms with Crippen molar-refractivity contribution in [2.75, 3.05) is 25.2 Å². The zero-order chi connectivity index (χ0) is 25.9. The van der Waals surface area contributed by atoms with Gasteiger partial charge in [0.05, 0.1) is 37.6 Å². The van der Waals surface area contributed by atoms with Crippen LogP contribution in [-0.2, 0) is 4.74 Å². The first-order valence-corrected chi connectivity index (χ1v) is 12.1. The zero-order valence-electron chi connectivity index (χ0n) is 20.9. The Labute approximate surface area is 214 Å². The molecule has 0 radical (unpaired) electrons. The number of carbonyl (C=O) groups is 2. The summed E-state index contributed by atoms with van der Waals surface area (Å²) in [5.74, 6) is 0.832. The maximum atomic E-state index is 13.8. The highest BCUT2D eigenvalue weighted by Gasteiger charge is 2.43. The lowest BCUT2D eigenvalue weighted by molar-refractivity contribution is 0.0526. The van der Waals surface area contributed by atoms with Crippen LogP contribution in [0.2, 0.25) is 0 Å². The van der Waals surface area contributed by atoms with Gasteiger partial charge in [0.25, 0.3) is 5.91 Å². The second-order valence-electron chi connectivity index (χ2n) is 8.44. The summed E-state index contributed by atoms with van der Waals surface area (Å²) < 4.78 is 16.2. The number of ether oxygens (including phenoxy) is 3. The van der Waals surface area contributed by atoms with E-state index < -0.39 is 12.0 Å². The molecule has 3 aromatic carbocycles. The molecule has 1 atom stereocenters. The summed E-state index contributed by atoms with van der Waals surface area (Å²) in [6, 6.07) is 21.7. The molecular formula is C29H27N3O5. The van der Waals surface area contributed by atoms with Crippen molar-refractivity contribution in [3.05, 3.63) is 95.2 Å². The van der Waals surface area contributed by atoms with E-state index in [2.05, 4.69) is 10.2 Å². The number of H-pyrrole nitrogens is 1. The Hall–Kier alpha value is -4.59. The van der Waals surface area contributed by atoms with Crippen molar-refractivity contribution in [1.82, 2.24) is 10.2 Å². The molecule has 5 rings (SSSR count). The number of amides is 1. The molecule has 0 saturated carbocycles. The molecular weight excluding hydrogens is 470 g/mol. The molecule has 8 heteroatoms. The van der Waals surface area contributed by atoms with Crippen LogP contribution in [-0.4, -0.2) is 42.4 Å². The lowest BCUT2D eigenvalue weighted by Gasteiger charge is -2.27. The Morgan fingerprint density at radius 1 is 0.973 bits per heavy atom. The van der Waals surface area contributed by atoms with E-state index in [0.717, 1.165) is 22.4 Å². The van der Waals surface area contributed by atoms with E-state index in [1.807, 2.05) is 55.5 Å². The molecule has 1 unspecified atom stereocenters. The standard InChI is InChI=1S/C29H27N3O5/c1-4-36-22-15-11-18(12-16-22)25-24-26(31-30-25)28(33)32(27(24)20-7-6-8-23(17-20)35-3)21-13-9-19(10-14-21)29(34)37-5-2/h6-17,27H,4-5H2,1-3H3,(H,30,31). The van der Waals surface area contributed by atoms with Crippen molar-refractivity contribution >= 4 is 17.6 Å². The van der Waals surface area contributed by atoms with Gasteiger partial charge in [-0.1, -0.05) is 12.1 Å². The highest BCUT2D eigenvalue weighted by Crippen LogP contribution is 2.45. The number of fused-ring (bicyclic) bond motifs is 1. The maximum absolute atomic E-state index is 13.8. The van der Waals surface area contributed by atoms with Crippen molar-refractivity contribution in [2.24, 2.45) is 0 Å². The third kappa shape index (κ3) is 4.42. The number of aromatic nitrogens is 2. The van der Waals surface area contributed by atoms with Crippen molar-refractivity contribution < 1.29 is 23.8 Å². The number of nitrogens with one attached hydrogen (secondary N) is 1. The van der Waals surface area contributed by atoms with Gasteiger partial charge in [-0.05, 0) is 80.1 Å². The van der Waals surface area contributed by atoms with Gasteiger partial charge in [-0.15, -0.1) is 0 Å². The fourth-order valence-corrected chi connectivity index (χ4v) is 4.61. The van der Waals surface area contributed by atoms with Gasteiger partial charge in [0.1, 0.15) is 17.2 Å². The summed E-state index contributed by atoms with van der Waals surface area (Å²) >= 11 is 0. The number of benzene rings is 3. The van der Waals surface area contributed by atoms with Gasteiger partial charge in [0.15, 0.2) is 0 Å². The normalized spacial score (nSPS) is 14.4. The fraction of sp³-hybridized carbons (Fsp3) is 0.207. The van der Waals surface area contributed by atoms with Crippen LogP contribution in [0.5, 0.6) is 11.5 Å². The Morgan fingerprint density at radius 3 is 2.41 bits per heavy atom. The molecule has 0 aliphatic carbocycles. The second-order valence-corrected chi connectivity index (χ2v) is 8.44. The number of rotatable bonds is 8. The van der Waals surface area contributed by atoms with Gasteiger partial charge in [-0.2, -0.15) is 5.10 Å². The van der Waals surface area contributed by atoms with Gasteiger partial charge in [0, 0.05) is 16.8 Å². The number of anilines is 1. The van der Waals surface area contributed by atoms with Crippen molar-refractivity contribution in [1.29, 1.82) is 0 Å². The van der Waals surface area contributed by atoms with Gasteiger partial charge in [0.2, 0.25) is 0 Å².